The zero-order valence-electron chi connectivity index (χ0n) is 37.9. The van der Waals surface area contributed by atoms with Crippen LogP contribution >= 0.6 is 0 Å². The first-order chi connectivity index (χ1) is 32.5. The molecule has 2 heterocycles. The molecule has 17 nitrogen and oxygen atoms in total. The number of carbonyl (C=O) groups excluding carboxylic acids is 2. The Morgan fingerprint density at radius 1 is 0.507 bits per heavy atom. The molecule has 5 N–H and O–H groups in total. The highest BCUT2D eigenvalue weighted by Crippen LogP contribution is 2.23. The van der Waals surface area contributed by atoms with Gasteiger partial charge in [0.25, 0.3) is 22.9 Å². The largest absolute Gasteiger partial charge is 0.480 e. The third-order valence-electron chi connectivity index (χ3n) is 11.8. The molecule has 0 aliphatic carbocycles. The molecule has 0 spiro atoms. The molecule has 0 bridgehead atoms. The van der Waals surface area contributed by atoms with Gasteiger partial charge in [-0.2, -0.15) is 0 Å². The monoisotopic (exact) mass is 955 g/mol. The Morgan fingerprint density at radius 3 is 1.10 bits per heavy atom. The number of hydrogen-bond acceptors (Lipinski definition) is 9. The second-order valence-electron chi connectivity index (χ2n) is 16.3. The van der Waals surface area contributed by atoms with Crippen molar-refractivity contribution in [1.82, 2.24) is 34.2 Å². The van der Waals surface area contributed by atoms with Gasteiger partial charge in [0.15, 0.2) is 0 Å². The fourth-order valence-electron chi connectivity index (χ4n) is 7.74. The van der Waals surface area contributed by atoms with E-state index in [4.69, 9.17) is 0 Å². The van der Waals surface area contributed by atoms with Crippen LogP contribution in [0, 0.1) is 37.1 Å². The highest BCUT2D eigenvalue weighted by molar-refractivity contribution is 5.98. The molecule has 2 amide bonds. The minimum Gasteiger partial charge on any atom is -0.480 e. The van der Waals surface area contributed by atoms with Gasteiger partial charge >= 0.3 is 23.3 Å². The van der Waals surface area contributed by atoms with E-state index in [2.05, 4.69) is 16.0 Å². The molecule has 4 aromatic carbocycles. The Kier molecular flexibility index (Phi) is 14.8. The smallest absolute Gasteiger partial charge is 0.330 e. The highest BCUT2D eigenvalue weighted by atomic mass is 19.1. The lowest BCUT2D eigenvalue weighted by Gasteiger charge is -2.17. The van der Waals surface area contributed by atoms with Crippen molar-refractivity contribution in [3.05, 3.63) is 183 Å². The van der Waals surface area contributed by atoms with Crippen LogP contribution < -0.4 is 38.4 Å². The second kappa shape index (κ2) is 20.3. The van der Waals surface area contributed by atoms with Crippen molar-refractivity contribution in [1.29, 1.82) is 0 Å². The summed E-state index contributed by atoms with van der Waals surface area (Å²) in [7, 11) is 5.69. The number of aromatic nitrogens is 4. The van der Waals surface area contributed by atoms with Crippen LogP contribution in [-0.4, -0.2) is 64.3 Å². The minimum absolute atomic E-state index is 0.0438. The summed E-state index contributed by atoms with van der Waals surface area (Å²) >= 11 is 0. The molecule has 0 aliphatic heterocycles. The van der Waals surface area contributed by atoms with Crippen molar-refractivity contribution in [2.24, 2.45) is 28.2 Å². The number of rotatable bonds is 16. The van der Waals surface area contributed by atoms with Gasteiger partial charge in [-0.3, -0.25) is 28.3 Å². The van der Waals surface area contributed by atoms with Gasteiger partial charge in [-0.1, -0.05) is 48.5 Å². The van der Waals surface area contributed by atoms with E-state index in [1.54, 1.807) is 13.8 Å². The molecule has 0 radical (unpaired) electrons. The zero-order valence-corrected chi connectivity index (χ0v) is 37.9. The van der Waals surface area contributed by atoms with Gasteiger partial charge in [-0.05, 0) is 71.5 Å². The van der Waals surface area contributed by atoms with Crippen LogP contribution in [0.1, 0.15) is 54.4 Å². The normalized spacial score (nSPS) is 12.1. The summed E-state index contributed by atoms with van der Waals surface area (Å²) in [4.78, 5) is 101. The quantitative estimate of drug-likeness (QED) is 0.0885. The molecular formula is C48H45F4N7O10. The predicted octanol–water partition coefficient (Wildman–Crippen LogP) is 3.13. The summed E-state index contributed by atoms with van der Waals surface area (Å²) in [6.45, 7) is 2.62. The average molecular weight is 956 g/mol. The standard InChI is InChI=1S/C48H45F4N7O10/c1-23-37(43(62)58(5)47(68)56(23)3)29-11-7-25(8-12-29)19-35(45(64)65)54-41(60)39-31(49)15-27(16-32(39)50)21-53-22-28-17-33(51)40(34(52)18-28)42(61)55-36(46(66)67)20-26-9-13-30(14-10-26)38-24(2)57(4)48(69)59(6)44(38)63/h7-18,35-36,53H,19-22H2,1-6H3,(H,54,60)(H,55,61)(H,64,65)(H,66,67)/t35-,36?/m0/s1. The maximum absolute atomic E-state index is 15.3. The maximum Gasteiger partial charge on any atom is 0.330 e. The maximum atomic E-state index is 15.3. The van der Waals surface area contributed by atoms with Gasteiger partial charge in [0.1, 0.15) is 46.5 Å². The lowest BCUT2D eigenvalue weighted by Crippen LogP contribution is -2.43. The number of carboxylic acid groups (broad SMARTS) is 2. The molecule has 0 saturated heterocycles. The molecule has 6 aromatic rings. The third-order valence-corrected chi connectivity index (χ3v) is 11.8. The molecule has 360 valence electrons. The van der Waals surface area contributed by atoms with Gasteiger partial charge in [0.2, 0.25) is 0 Å². The number of nitrogens with zero attached hydrogens (tertiary/aromatic N) is 4. The van der Waals surface area contributed by atoms with E-state index in [0.717, 1.165) is 33.4 Å². The third kappa shape index (κ3) is 10.5. The molecule has 21 heteroatoms. The van der Waals surface area contributed by atoms with Crippen LogP contribution in [0.25, 0.3) is 22.3 Å². The van der Waals surface area contributed by atoms with E-state index in [0.29, 0.717) is 33.6 Å². The van der Waals surface area contributed by atoms with Gasteiger partial charge in [0, 0.05) is 65.5 Å². The van der Waals surface area contributed by atoms with Crippen LogP contribution in [0.3, 0.4) is 0 Å². The fourth-order valence-corrected chi connectivity index (χ4v) is 7.74. The molecule has 0 saturated carbocycles. The summed E-state index contributed by atoms with van der Waals surface area (Å²) in [6, 6.07) is 12.1. The number of hydrogen-bond donors (Lipinski definition) is 5. The summed E-state index contributed by atoms with van der Waals surface area (Å²) in [6.07, 6.45) is -0.620. The van der Waals surface area contributed by atoms with E-state index in [9.17, 15) is 48.6 Å². The van der Waals surface area contributed by atoms with Crippen molar-refractivity contribution >= 4 is 23.8 Å². The van der Waals surface area contributed by atoms with Crippen LogP contribution in [0.2, 0.25) is 0 Å². The van der Waals surface area contributed by atoms with E-state index in [-0.39, 0.29) is 48.2 Å². The molecule has 0 aliphatic rings. The van der Waals surface area contributed by atoms with Crippen molar-refractivity contribution in [2.75, 3.05) is 0 Å². The van der Waals surface area contributed by atoms with Crippen molar-refractivity contribution in [3.8, 4) is 22.3 Å². The zero-order chi connectivity index (χ0) is 50.8. The number of aliphatic carboxylic acids is 2. The Balaban J connectivity index is 1.06. The van der Waals surface area contributed by atoms with Gasteiger partial charge in [-0.25, -0.2) is 36.7 Å². The van der Waals surface area contributed by atoms with Crippen molar-refractivity contribution in [2.45, 2.75) is 51.9 Å². The van der Waals surface area contributed by atoms with Gasteiger partial charge in [-0.15, -0.1) is 0 Å². The molecule has 0 fully saturated rings. The van der Waals surface area contributed by atoms with Crippen molar-refractivity contribution in [3.63, 3.8) is 0 Å². The lowest BCUT2D eigenvalue weighted by molar-refractivity contribution is -0.140. The predicted molar refractivity (Wildman–Crippen MR) is 243 cm³/mol. The van der Waals surface area contributed by atoms with E-state index in [1.807, 2.05) is 0 Å². The summed E-state index contributed by atoms with van der Waals surface area (Å²) < 4.78 is 65.5. The summed E-state index contributed by atoms with van der Waals surface area (Å²) in [5.74, 6) is -11.1. The molecule has 2 atom stereocenters. The van der Waals surface area contributed by atoms with Crippen molar-refractivity contribution < 1.29 is 47.0 Å². The van der Waals surface area contributed by atoms with E-state index in [1.165, 1.54) is 85.9 Å². The van der Waals surface area contributed by atoms with Crippen LogP contribution in [0.5, 0.6) is 0 Å². The summed E-state index contributed by atoms with van der Waals surface area (Å²) in [5, 5.41) is 26.7. The topological polar surface area (TPSA) is 233 Å². The Labute approximate surface area is 388 Å². The Bertz CT molecular complexity index is 3040. The number of benzene rings is 4. The van der Waals surface area contributed by atoms with Crippen LogP contribution in [-0.2, 0) is 63.7 Å². The SMILES string of the molecule is Cc1c(-c2ccc(CC(NC(=O)c3c(F)cc(CNCc4cc(F)c(C(=O)N[C@@H](Cc5ccc(-c6c(C)n(C)c(=O)n(C)c6=O)cc5)C(=O)O)c(F)c4)cc3F)C(=O)O)cc2)c(=O)n(C)c(=O)n1C. The second-order valence-corrected chi connectivity index (χ2v) is 16.3. The molecule has 2 aromatic heterocycles. The lowest BCUT2D eigenvalue weighted by atomic mass is 10.00. The Morgan fingerprint density at radius 2 is 0.812 bits per heavy atom. The fraction of sp³-hybridized carbons (Fsp3) is 0.250. The number of halogens is 4. The number of nitrogens with one attached hydrogen (secondary N) is 3. The number of amides is 2. The minimum atomic E-state index is -1.64. The van der Waals surface area contributed by atoms with Crippen LogP contribution in [0.15, 0.2) is 92.0 Å². The highest BCUT2D eigenvalue weighted by Gasteiger charge is 2.28. The average Bonchev–Trinajstić information content (AvgIpc) is 3.29. The van der Waals surface area contributed by atoms with E-state index < -0.39 is 92.7 Å². The summed E-state index contributed by atoms with van der Waals surface area (Å²) in [5.41, 5.74) is -1.36. The van der Waals surface area contributed by atoms with Crippen LogP contribution in [0.4, 0.5) is 17.6 Å². The number of carboxylic acids is 2. The first-order valence-corrected chi connectivity index (χ1v) is 21.0. The molecule has 6 rings (SSSR count). The molecule has 1 unspecified atom stereocenters. The van der Waals surface area contributed by atoms with E-state index >= 15 is 17.6 Å². The number of carbonyl (C=O) groups is 4. The molecule has 69 heavy (non-hydrogen) atoms. The Hall–Kier alpha value is -8.20. The van der Waals surface area contributed by atoms with Gasteiger partial charge < -0.3 is 35.3 Å². The molecular weight excluding hydrogens is 911 g/mol. The van der Waals surface area contributed by atoms with Gasteiger partial charge in [0.05, 0.1) is 11.1 Å². The first kappa shape index (κ1) is 50.2. The first-order valence-electron chi connectivity index (χ1n) is 21.0.